The molecule has 1 saturated heterocycles. The Morgan fingerprint density at radius 2 is 1.74 bits per heavy atom. The topological polar surface area (TPSA) is 116 Å². The number of carbonyl (C=O) groups is 2. The van der Waals surface area contributed by atoms with Crippen molar-refractivity contribution in [3.05, 3.63) is 16.9 Å². The van der Waals surface area contributed by atoms with Crippen molar-refractivity contribution in [3.63, 3.8) is 0 Å². The van der Waals surface area contributed by atoms with Gasteiger partial charge in [0.2, 0.25) is 10.0 Å². The number of carbonyl (C=O) groups excluding carboxylic acids is 2. The predicted octanol–water partition coefficient (Wildman–Crippen LogP) is 0.992. The lowest BCUT2D eigenvalue weighted by atomic mass is 9.98. The third kappa shape index (κ3) is 4.91. The number of piperidine rings is 1. The molecule has 1 aromatic heterocycles. The lowest BCUT2D eigenvalue weighted by Gasteiger charge is -2.28. The number of rotatable bonds is 6. The van der Waals surface area contributed by atoms with Gasteiger partial charge in [-0.25, -0.2) is 12.7 Å². The van der Waals surface area contributed by atoms with E-state index in [-0.39, 0.29) is 25.5 Å². The molecule has 0 unspecified atom stereocenters. The molecule has 31 heavy (non-hydrogen) atoms. The second-order valence-corrected chi connectivity index (χ2v) is 10.0. The monoisotopic (exact) mass is 471 g/mol. The van der Waals surface area contributed by atoms with Crippen LogP contribution in [0.1, 0.15) is 12.8 Å². The van der Waals surface area contributed by atoms with Crippen molar-refractivity contribution in [2.45, 2.75) is 19.4 Å². The molecule has 1 aromatic carbocycles. The summed E-state index contributed by atoms with van der Waals surface area (Å²) in [6, 6.07) is 3.46. The zero-order chi connectivity index (χ0) is 22.8. The molecule has 0 saturated carbocycles. The zero-order valence-corrected chi connectivity index (χ0v) is 19.4. The van der Waals surface area contributed by atoms with Crippen LogP contribution in [0.15, 0.2) is 17.1 Å². The van der Waals surface area contributed by atoms with Crippen LogP contribution < -0.4 is 14.3 Å². The van der Waals surface area contributed by atoms with Crippen LogP contribution in [0.4, 0.5) is 0 Å². The molecule has 170 valence electrons. The summed E-state index contributed by atoms with van der Waals surface area (Å²) in [7, 11) is 1.05. The van der Waals surface area contributed by atoms with Crippen LogP contribution in [0.2, 0.25) is 0 Å². The summed E-state index contributed by atoms with van der Waals surface area (Å²) in [6.45, 7) is 0.403. The van der Waals surface area contributed by atoms with Crippen LogP contribution >= 0.6 is 11.3 Å². The lowest BCUT2D eigenvalue weighted by molar-refractivity contribution is -0.141. The van der Waals surface area contributed by atoms with E-state index < -0.39 is 21.9 Å². The minimum Gasteiger partial charge on any atom is -0.495 e. The van der Waals surface area contributed by atoms with Gasteiger partial charge in [0.05, 0.1) is 27.6 Å². The largest absolute Gasteiger partial charge is 0.495 e. The van der Waals surface area contributed by atoms with Crippen molar-refractivity contribution >= 4 is 43.5 Å². The Morgan fingerprint density at radius 3 is 2.29 bits per heavy atom. The van der Waals surface area contributed by atoms with Gasteiger partial charge >= 0.3 is 5.97 Å². The van der Waals surface area contributed by atoms with Gasteiger partial charge in [-0.1, -0.05) is 11.3 Å². The standard InChI is InChI=1S/C19H25N3O7S2/c1-27-13-5-6-14(28-2)17-16(13)22(11-15(23)29-3)19(30-17)20-18(24)12-7-9-21(10-8-12)31(4,25)26/h5-6,12H,7-11H2,1-4H3. The number of esters is 1. The highest BCUT2D eigenvalue weighted by atomic mass is 32.2. The van der Waals surface area contributed by atoms with E-state index in [1.165, 1.54) is 37.0 Å². The van der Waals surface area contributed by atoms with Gasteiger partial charge in [-0.15, -0.1) is 0 Å². The Kier molecular flexibility index (Phi) is 7.02. The average molecular weight is 472 g/mol. The highest BCUT2D eigenvalue weighted by Crippen LogP contribution is 2.35. The Hall–Kier alpha value is -2.44. The summed E-state index contributed by atoms with van der Waals surface area (Å²) in [4.78, 5) is 29.6. The first-order chi connectivity index (χ1) is 14.7. The second-order valence-electron chi connectivity index (χ2n) is 7.08. The molecule has 0 bridgehead atoms. The number of thiazole rings is 1. The van der Waals surface area contributed by atoms with Crippen LogP contribution in [0.25, 0.3) is 10.2 Å². The summed E-state index contributed by atoms with van der Waals surface area (Å²) in [5.41, 5.74) is 0.579. The number of hydrogen-bond donors (Lipinski definition) is 0. The maximum absolute atomic E-state index is 12.9. The number of amides is 1. The molecule has 0 radical (unpaired) electrons. The van der Waals surface area contributed by atoms with E-state index in [1.807, 2.05) is 0 Å². The van der Waals surface area contributed by atoms with Gasteiger partial charge in [0.25, 0.3) is 5.91 Å². The van der Waals surface area contributed by atoms with E-state index >= 15 is 0 Å². The molecular formula is C19H25N3O7S2. The molecule has 3 rings (SSSR count). The van der Waals surface area contributed by atoms with E-state index in [0.29, 0.717) is 39.4 Å². The molecule has 1 aliphatic heterocycles. The molecule has 1 aliphatic rings. The fourth-order valence-corrected chi connectivity index (χ4v) is 5.52. The van der Waals surface area contributed by atoms with Crippen molar-refractivity contribution in [2.75, 3.05) is 40.7 Å². The van der Waals surface area contributed by atoms with Gasteiger partial charge in [0.15, 0.2) is 4.80 Å². The molecule has 0 spiro atoms. The van der Waals surface area contributed by atoms with E-state index in [4.69, 9.17) is 14.2 Å². The maximum Gasteiger partial charge on any atom is 0.325 e. The number of hydrogen-bond acceptors (Lipinski definition) is 8. The number of ether oxygens (including phenoxy) is 3. The Bertz CT molecular complexity index is 1160. The van der Waals surface area contributed by atoms with Crippen molar-refractivity contribution < 1.29 is 32.2 Å². The van der Waals surface area contributed by atoms with E-state index in [9.17, 15) is 18.0 Å². The van der Waals surface area contributed by atoms with Crippen LogP contribution in [0.5, 0.6) is 11.5 Å². The first kappa shape index (κ1) is 23.2. The van der Waals surface area contributed by atoms with Crippen LogP contribution in [0.3, 0.4) is 0 Å². The van der Waals surface area contributed by atoms with Crippen LogP contribution in [0, 0.1) is 5.92 Å². The van der Waals surface area contributed by atoms with Gasteiger partial charge in [0, 0.05) is 19.0 Å². The van der Waals surface area contributed by atoms with Gasteiger partial charge < -0.3 is 18.8 Å². The smallest absolute Gasteiger partial charge is 0.325 e. The SMILES string of the molecule is COC(=O)Cn1c(=NC(=O)C2CCN(S(C)(=O)=O)CC2)sc2c(OC)ccc(OC)c21. The summed E-state index contributed by atoms with van der Waals surface area (Å²) in [6.07, 6.45) is 1.95. The highest BCUT2D eigenvalue weighted by molar-refractivity contribution is 7.88. The average Bonchev–Trinajstić information content (AvgIpc) is 3.10. The molecule has 0 atom stereocenters. The molecule has 1 fully saturated rings. The number of nitrogens with zero attached hydrogens (tertiary/aromatic N) is 3. The van der Waals surface area contributed by atoms with Gasteiger partial charge in [0.1, 0.15) is 28.3 Å². The second kappa shape index (κ2) is 9.37. The number of aromatic nitrogens is 1. The van der Waals surface area contributed by atoms with Crippen molar-refractivity contribution in [1.82, 2.24) is 8.87 Å². The third-order valence-corrected chi connectivity index (χ3v) is 7.58. The normalized spacial score (nSPS) is 16.5. The number of methoxy groups -OCH3 is 3. The molecule has 2 aromatic rings. The summed E-state index contributed by atoms with van der Waals surface area (Å²) in [5.74, 6) is -0.171. The quantitative estimate of drug-likeness (QED) is 0.577. The van der Waals surface area contributed by atoms with E-state index in [0.717, 1.165) is 6.26 Å². The number of benzene rings is 1. The summed E-state index contributed by atoms with van der Waals surface area (Å²) >= 11 is 1.21. The van der Waals surface area contributed by atoms with Crippen molar-refractivity contribution in [1.29, 1.82) is 0 Å². The Labute approximate surface area is 184 Å². The first-order valence-corrected chi connectivity index (χ1v) is 12.2. The fourth-order valence-electron chi connectivity index (χ4n) is 3.50. The molecule has 1 amide bonds. The number of fused-ring (bicyclic) bond motifs is 1. The minimum atomic E-state index is -3.28. The Morgan fingerprint density at radius 1 is 1.13 bits per heavy atom. The molecule has 2 heterocycles. The summed E-state index contributed by atoms with van der Waals surface area (Å²) < 4.78 is 42.7. The predicted molar refractivity (Wildman–Crippen MR) is 115 cm³/mol. The molecular weight excluding hydrogens is 446 g/mol. The highest BCUT2D eigenvalue weighted by Gasteiger charge is 2.29. The molecule has 12 heteroatoms. The van der Waals surface area contributed by atoms with E-state index in [1.54, 1.807) is 16.7 Å². The van der Waals surface area contributed by atoms with Crippen molar-refractivity contribution in [2.24, 2.45) is 10.9 Å². The van der Waals surface area contributed by atoms with Gasteiger partial charge in [-0.3, -0.25) is 9.59 Å². The number of sulfonamides is 1. The van der Waals surface area contributed by atoms with Crippen LogP contribution in [-0.4, -0.2) is 69.8 Å². The van der Waals surface area contributed by atoms with Gasteiger partial charge in [-0.05, 0) is 25.0 Å². The van der Waals surface area contributed by atoms with E-state index in [2.05, 4.69) is 4.99 Å². The third-order valence-electron chi connectivity index (χ3n) is 5.19. The molecule has 0 N–H and O–H groups in total. The first-order valence-electron chi connectivity index (χ1n) is 9.54. The Balaban J connectivity index is 2.04. The molecule has 10 nitrogen and oxygen atoms in total. The summed E-state index contributed by atoms with van der Waals surface area (Å²) in [5, 5.41) is 0. The van der Waals surface area contributed by atoms with Gasteiger partial charge in [-0.2, -0.15) is 4.99 Å². The fraction of sp³-hybridized carbons (Fsp3) is 0.526. The maximum atomic E-state index is 12.9. The minimum absolute atomic E-state index is 0.154. The molecule has 0 aliphatic carbocycles. The van der Waals surface area contributed by atoms with Crippen LogP contribution in [-0.2, 0) is 30.9 Å². The van der Waals surface area contributed by atoms with Crippen molar-refractivity contribution in [3.8, 4) is 11.5 Å². The zero-order valence-electron chi connectivity index (χ0n) is 17.8. The lowest BCUT2D eigenvalue weighted by Crippen LogP contribution is -2.39.